The molecule has 0 heterocycles. The molecule has 0 aliphatic rings. The first-order valence-corrected chi connectivity index (χ1v) is 6.43. The van der Waals surface area contributed by atoms with E-state index in [1.807, 2.05) is 13.8 Å². The Hall–Kier alpha value is -2.04. The Labute approximate surface area is 113 Å². The maximum atomic E-state index is 11.6. The number of aromatic carboxylic acids is 1. The summed E-state index contributed by atoms with van der Waals surface area (Å²) < 4.78 is 0. The van der Waals surface area contributed by atoms with Crippen LogP contribution >= 0.6 is 0 Å². The molecule has 0 spiro atoms. The molecule has 0 bridgehead atoms. The Balaban J connectivity index is 2.43. The van der Waals surface area contributed by atoms with Crippen LogP contribution in [0.3, 0.4) is 0 Å². The van der Waals surface area contributed by atoms with Gasteiger partial charge in [0.15, 0.2) is 0 Å². The van der Waals surface area contributed by atoms with Crippen molar-refractivity contribution in [2.75, 3.05) is 0 Å². The summed E-state index contributed by atoms with van der Waals surface area (Å²) in [6.45, 7) is 4.43. The third-order valence-corrected chi connectivity index (χ3v) is 2.97. The molecule has 2 amide bonds. The highest BCUT2D eigenvalue weighted by atomic mass is 16.4. The van der Waals surface area contributed by atoms with Gasteiger partial charge in [-0.25, -0.2) is 9.59 Å². The van der Waals surface area contributed by atoms with E-state index in [0.717, 1.165) is 18.4 Å². The quantitative estimate of drug-likeness (QED) is 0.738. The van der Waals surface area contributed by atoms with Crippen LogP contribution in [0.1, 0.15) is 42.6 Å². The Morgan fingerprint density at radius 1 is 1.16 bits per heavy atom. The lowest BCUT2D eigenvalue weighted by atomic mass is 10.1. The summed E-state index contributed by atoms with van der Waals surface area (Å²) in [5.74, 6) is -0.953. The van der Waals surface area contributed by atoms with Gasteiger partial charge in [0.25, 0.3) is 0 Å². The van der Waals surface area contributed by atoms with Crippen LogP contribution in [0, 0.1) is 0 Å². The summed E-state index contributed by atoms with van der Waals surface area (Å²) in [6, 6.07) is 6.43. The minimum absolute atomic E-state index is 0.189. The second-order valence-corrected chi connectivity index (χ2v) is 4.34. The maximum Gasteiger partial charge on any atom is 0.335 e. The van der Waals surface area contributed by atoms with E-state index in [9.17, 15) is 9.59 Å². The number of rotatable bonds is 6. The first kappa shape index (κ1) is 15.0. The van der Waals surface area contributed by atoms with Gasteiger partial charge in [0, 0.05) is 12.6 Å². The van der Waals surface area contributed by atoms with Gasteiger partial charge in [0.2, 0.25) is 0 Å². The van der Waals surface area contributed by atoms with Gasteiger partial charge >= 0.3 is 12.0 Å². The van der Waals surface area contributed by atoms with E-state index in [-0.39, 0.29) is 17.6 Å². The summed E-state index contributed by atoms with van der Waals surface area (Å²) in [7, 11) is 0. The monoisotopic (exact) mass is 264 g/mol. The van der Waals surface area contributed by atoms with Crippen molar-refractivity contribution >= 4 is 12.0 Å². The van der Waals surface area contributed by atoms with E-state index in [2.05, 4.69) is 10.6 Å². The number of hydrogen-bond donors (Lipinski definition) is 3. The molecule has 0 fully saturated rings. The van der Waals surface area contributed by atoms with Crippen LogP contribution in [-0.4, -0.2) is 23.1 Å². The highest BCUT2D eigenvalue weighted by molar-refractivity contribution is 5.87. The molecule has 0 aliphatic carbocycles. The van der Waals surface area contributed by atoms with Gasteiger partial charge in [-0.15, -0.1) is 0 Å². The van der Waals surface area contributed by atoms with Gasteiger partial charge in [0.1, 0.15) is 0 Å². The SMILES string of the molecule is CCC(CC)NC(=O)NCc1ccc(C(=O)O)cc1. The molecule has 3 N–H and O–H groups in total. The fourth-order valence-electron chi connectivity index (χ4n) is 1.68. The molecule has 0 aliphatic heterocycles. The summed E-state index contributed by atoms with van der Waals surface area (Å²) in [5.41, 5.74) is 1.11. The van der Waals surface area contributed by atoms with Crippen molar-refractivity contribution in [3.05, 3.63) is 35.4 Å². The lowest BCUT2D eigenvalue weighted by Crippen LogP contribution is -2.41. The topological polar surface area (TPSA) is 78.4 Å². The average molecular weight is 264 g/mol. The second kappa shape index (κ2) is 7.41. The minimum atomic E-state index is -0.953. The third kappa shape index (κ3) is 4.99. The molecule has 1 aromatic carbocycles. The van der Waals surface area contributed by atoms with Crippen molar-refractivity contribution in [1.29, 1.82) is 0 Å². The molecule has 104 valence electrons. The number of urea groups is 1. The van der Waals surface area contributed by atoms with E-state index >= 15 is 0 Å². The zero-order chi connectivity index (χ0) is 14.3. The molecule has 0 saturated heterocycles. The van der Waals surface area contributed by atoms with E-state index in [0.29, 0.717) is 6.54 Å². The largest absolute Gasteiger partial charge is 0.478 e. The summed E-state index contributed by atoms with van der Waals surface area (Å²) in [6.07, 6.45) is 1.80. The maximum absolute atomic E-state index is 11.6. The van der Waals surface area contributed by atoms with Gasteiger partial charge in [-0.3, -0.25) is 0 Å². The number of carbonyl (C=O) groups excluding carboxylic acids is 1. The molecule has 5 nitrogen and oxygen atoms in total. The van der Waals surface area contributed by atoms with Crippen LogP contribution in [0.25, 0.3) is 0 Å². The van der Waals surface area contributed by atoms with Crippen LogP contribution in [0.5, 0.6) is 0 Å². The Kier molecular flexibility index (Phi) is 5.85. The van der Waals surface area contributed by atoms with E-state index in [1.165, 1.54) is 12.1 Å². The van der Waals surface area contributed by atoms with Gasteiger partial charge < -0.3 is 15.7 Å². The molecule has 1 rings (SSSR count). The Morgan fingerprint density at radius 2 is 1.74 bits per heavy atom. The average Bonchev–Trinajstić information content (AvgIpc) is 2.43. The minimum Gasteiger partial charge on any atom is -0.478 e. The predicted molar refractivity (Wildman–Crippen MR) is 73.1 cm³/mol. The Bertz CT molecular complexity index is 425. The van der Waals surface area contributed by atoms with E-state index in [4.69, 9.17) is 5.11 Å². The predicted octanol–water partition coefficient (Wildman–Crippen LogP) is 2.37. The number of hydrogen-bond acceptors (Lipinski definition) is 2. The summed E-state index contributed by atoms with van der Waals surface area (Å²) in [5, 5.41) is 14.4. The molecular formula is C14H20N2O3. The van der Waals surface area contributed by atoms with E-state index in [1.54, 1.807) is 12.1 Å². The van der Waals surface area contributed by atoms with Crippen molar-refractivity contribution < 1.29 is 14.7 Å². The first-order chi connectivity index (χ1) is 9.06. The summed E-state index contributed by atoms with van der Waals surface area (Å²) >= 11 is 0. The molecule has 0 unspecified atom stereocenters. The number of amides is 2. The van der Waals surface area contributed by atoms with Crippen LogP contribution in [0.15, 0.2) is 24.3 Å². The van der Waals surface area contributed by atoms with Gasteiger partial charge in [-0.1, -0.05) is 26.0 Å². The van der Waals surface area contributed by atoms with Crippen LogP contribution in [0.4, 0.5) is 4.79 Å². The van der Waals surface area contributed by atoms with Crippen molar-refractivity contribution in [1.82, 2.24) is 10.6 Å². The van der Waals surface area contributed by atoms with Gasteiger partial charge in [0.05, 0.1) is 5.56 Å². The van der Waals surface area contributed by atoms with Crippen molar-refractivity contribution in [2.24, 2.45) is 0 Å². The lowest BCUT2D eigenvalue weighted by molar-refractivity contribution is 0.0697. The van der Waals surface area contributed by atoms with Crippen molar-refractivity contribution in [2.45, 2.75) is 39.3 Å². The van der Waals surface area contributed by atoms with Crippen molar-refractivity contribution in [3.8, 4) is 0 Å². The van der Waals surface area contributed by atoms with E-state index < -0.39 is 5.97 Å². The zero-order valence-corrected chi connectivity index (χ0v) is 11.3. The van der Waals surface area contributed by atoms with Crippen LogP contribution in [-0.2, 0) is 6.54 Å². The zero-order valence-electron chi connectivity index (χ0n) is 11.3. The Morgan fingerprint density at radius 3 is 2.21 bits per heavy atom. The van der Waals surface area contributed by atoms with Crippen molar-refractivity contribution in [3.63, 3.8) is 0 Å². The molecule has 0 atom stereocenters. The number of benzene rings is 1. The standard InChI is InChI=1S/C14H20N2O3/c1-3-12(4-2)16-14(19)15-9-10-5-7-11(8-6-10)13(17)18/h5-8,12H,3-4,9H2,1-2H3,(H,17,18)(H2,15,16,19). The number of nitrogens with one attached hydrogen (secondary N) is 2. The first-order valence-electron chi connectivity index (χ1n) is 6.43. The van der Waals surface area contributed by atoms with Crippen LogP contribution in [0.2, 0.25) is 0 Å². The number of carbonyl (C=O) groups is 2. The molecule has 5 heteroatoms. The number of carboxylic acids is 1. The third-order valence-electron chi connectivity index (χ3n) is 2.97. The smallest absolute Gasteiger partial charge is 0.335 e. The molecule has 0 radical (unpaired) electrons. The van der Waals surface area contributed by atoms with Gasteiger partial charge in [-0.05, 0) is 30.5 Å². The normalized spacial score (nSPS) is 10.3. The van der Waals surface area contributed by atoms with Crippen LogP contribution < -0.4 is 10.6 Å². The molecule has 1 aromatic rings. The lowest BCUT2D eigenvalue weighted by Gasteiger charge is -2.15. The fourth-order valence-corrected chi connectivity index (χ4v) is 1.68. The molecule has 19 heavy (non-hydrogen) atoms. The molecular weight excluding hydrogens is 244 g/mol. The fraction of sp³-hybridized carbons (Fsp3) is 0.429. The summed E-state index contributed by atoms with van der Waals surface area (Å²) in [4.78, 5) is 22.3. The second-order valence-electron chi connectivity index (χ2n) is 4.34. The highest BCUT2D eigenvalue weighted by Crippen LogP contribution is 2.04. The van der Waals surface area contributed by atoms with Gasteiger partial charge in [-0.2, -0.15) is 0 Å². The molecule has 0 aromatic heterocycles. The molecule has 0 saturated carbocycles. The highest BCUT2D eigenvalue weighted by Gasteiger charge is 2.07. The number of carboxylic acid groups (broad SMARTS) is 1.